The maximum atomic E-state index is 12.3. The van der Waals surface area contributed by atoms with E-state index in [-0.39, 0.29) is 23.4 Å². The number of nitrogens with zero attached hydrogens (tertiary/aromatic N) is 1. The van der Waals surface area contributed by atoms with Crippen molar-refractivity contribution in [1.29, 1.82) is 0 Å². The van der Waals surface area contributed by atoms with Gasteiger partial charge >= 0.3 is 6.03 Å². The van der Waals surface area contributed by atoms with Crippen molar-refractivity contribution in [3.63, 3.8) is 0 Å². The summed E-state index contributed by atoms with van der Waals surface area (Å²) in [5.74, 6) is 0.868. The number of ether oxygens (including phenoxy) is 1. The zero-order valence-electron chi connectivity index (χ0n) is 15.0. The predicted molar refractivity (Wildman–Crippen MR) is 92.4 cm³/mol. The normalized spacial score (nSPS) is 24.3. The summed E-state index contributed by atoms with van der Waals surface area (Å²) in [5, 5.41) is 6.01. The van der Waals surface area contributed by atoms with Crippen LogP contribution in [-0.4, -0.2) is 55.7 Å². The predicted octanol–water partition coefficient (Wildman–Crippen LogP) is 1.92. The van der Waals surface area contributed by atoms with Crippen molar-refractivity contribution < 1.29 is 18.7 Å². The Morgan fingerprint density at radius 1 is 1.32 bits per heavy atom. The molecule has 1 aromatic heterocycles. The fourth-order valence-corrected chi connectivity index (χ4v) is 3.29. The lowest BCUT2D eigenvalue weighted by atomic mass is 9.90. The molecule has 1 aromatic rings. The van der Waals surface area contributed by atoms with E-state index in [4.69, 9.17) is 9.15 Å². The summed E-state index contributed by atoms with van der Waals surface area (Å²) in [4.78, 5) is 26.3. The van der Waals surface area contributed by atoms with Gasteiger partial charge in [0.1, 0.15) is 5.76 Å². The molecule has 0 saturated carbocycles. The van der Waals surface area contributed by atoms with Crippen LogP contribution >= 0.6 is 0 Å². The molecule has 7 heteroatoms. The first kappa shape index (κ1) is 17.8. The van der Waals surface area contributed by atoms with Crippen LogP contribution in [0.15, 0.2) is 16.5 Å². The number of aryl methyl sites for hydroxylation is 1. The summed E-state index contributed by atoms with van der Waals surface area (Å²) >= 11 is 0. The van der Waals surface area contributed by atoms with Gasteiger partial charge in [0.25, 0.3) is 5.91 Å². The lowest BCUT2D eigenvalue weighted by Crippen LogP contribution is -2.50. The molecular weight excluding hydrogens is 322 g/mol. The third-order valence-corrected chi connectivity index (χ3v) is 5.05. The largest absolute Gasteiger partial charge is 0.456 e. The van der Waals surface area contributed by atoms with Gasteiger partial charge in [0.15, 0.2) is 5.76 Å². The number of urea groups is 1. The van der Waals surface area contributed by atoms with Crippen LogP contribution in [0.4, 0.5) is 4.79 Å². The first-order valence-corrected chi connectivity index (χ1v) is 8.93. The van der Waals surface area contributed by atoms with E-state index in [0.29, 0.717) is 32.0 Å². The monoisotopic (exact) mass is 349 g/mol. The Bertz CT molecular complexity index is 614. The minimum Gasteiger partial charge on any atom is -0.456 e. The quantitative estimate of drug-likeness (QED) is 0.870. The minimum atomic E-state index is -0.190. The van der Waals surface area contributed by atoms with Gasteiger partial charge in [-0.2, -0.15) is 0 Å². The number of amides is 3. The number of carbonyl (C=O) groups excluding carboxylic acids is 2. The standard InChI is InChI=1S/C18H27N3O4/c1-13-3-4-15(25-13)16(22)20-14-5-8-21(9-6-14)17(23)19-11-18(2)7-10-24-12-18/h3-4,14H,5-12H2,1-2H3,(H,19,23)(H,20,22)/t18-/m1/s1. The highest BCUT2D eigenvalue weighted by atomic mass is 16.5. The Balaban J connectivity index is 1.40. The Morgan fingerprint density at radius 2 is 2.08 bits per heavy atom. The highest BCUT2D eigenvalue weighted by Crippen LogP contribution is 2.26. The third kappa shape index (κ3) is 4.54. The van der Waals surface area contributed by atoms with Gasteiger partial charge in [-0.1, -0.05) is 6.92 Å². The van der Waals surface area contributed by atoms with Crippen LogP contribution in [0.25, 0.3) is 0 Å². The average molecular weight is 349 g/mol. The van der Waals surface area contributed by atoms with Crippen LogP contribution in [0.1, 0.15) is 42.5 Å². The van der Waals surface area contributed by atoms with Gasteiger partial charge in [-0.05, 0) is 38.3 Å². The highest BCUT2D eigenvalue weighted by Gasteiger charge is 2.31. The molecule has 2 saturated heterocycles. The highest BCUT2D eigenvalue weighted by molar-refractivity contribution is 5.91. The van der Waals surface area contributed by atoms with Crippen molar-refractivity contribution in [2.75, 3.05) is 32.8 Å². The summed E-state index contributed by atoms with van der Waals surface area (Å²) in [6.45, 7) is 7.34. The molecule has 0 bridgehead atoms. The number of furan rings is 1. The first-order valence-electron chi connectivity index (χ1n) is 8.93. The summed E-state index contributed by atoms with van der Waals surface area (Å²) in [6.07, 6.45) is 2.48. The van der Waals surface area contributed by atoms with E-state index >= 15 is 0 Å². The van der Waals surface area contributed by atoms with E-state index in [0.717, 1.165) is 31.6 Å². The number of carbonyl (C=O) groups is 2. The summed E-state index contributed by atoms with van der Waals surface area (Å²) in [6, 6.07) is 3.50. The van der Waals surface area contributed by atoms with Crippen molar-refractivity contribution >= 4 is 11.9 Å². The van der Waals surface area contributed by atoms with Crippen molar-refractivity contribution in [1.82, 2.24) is 15.5 Å². The van der Waals surface area contributed by atoms with Gasteiger partial charge in [0.2, 0.25) is 0 Å². The zero-order valence-corrected chi connectivity index (χ0v) is 15.0. The Morgan fingerprint density at radius 3 is 2.68 bits per heavy atom. The molecule has 3 heterocycles. The van der Waals surface area contributed by atoms with Gasteiger partial charge in [0.05, 0.1) is 6.61 Å². The molecule has 2 aliphatic rings. The number of piperidine rings is 1. The van der Waals surface area contributed by atoms with Crippen LogP contribution in [0.3, 0.4) is 0 Å². The van der Waals surface area contributed by atoms with E-state index < -0.39 is 0 Å². The maximum Gasteiger partial charge on any atom is 0.317 e. The molecule has 25 heavy (non-hydrogen) atoms. The molecule has 138 valence electrons. The molecule has 0 aliphatic carbocycles. The maximum absolute atomic E-state index is 12.3. The molecule has 2 aliphatic heterocycles. The molecule has 2 fully saturated rings. The second-order valence-corrected chi connectivity index (χ2v) is 7.42. The molecule has 0 aromatic carbocycles. The van der Waals surface area contributed by atoms with Gasteiger partial charge in [0, 0.05) is 37.7 Å². The van der Waals surface area contributed by atoms with Gasteiger partial charge in [-0.3, -0.25) is 4.79 Å². The molecule has 7 nitrogen and oxygen atoms in total. The number of likely N-dealkylation sites (tertiary alicyclic amines) is 1. The smallest absolute Gasteiger partial charge is 0.317 e. The summed E-state index contributed by atoms with van der Waals surface area (Å²) in [5.41, 5.74) is 0.0448. The van der Waals surface area contributed by atoms with Crippen LogP contribution in [0.2, 0.25) is 0 Å². The van der Waals surface area contributed by atoms with Gasteiger partial charge in [-0.25, -0.2) is 4.79 Å². The van der Waals surface area contributed by atoms with Gasteiger partial charge in [-0.15, -0.1) is 0 Å². The summed E-state index contributed by atoms with van der Waals surface area (Å²) in [7, 11) is 0. The van der Waals surface area contributed by atoms with Crippen LogP contribution in [0.5, 0.6) is 0 Å². The van der Waals surface area contributed by atoms with Crippen LogP contribution in [-0.2, 0) is 4.74 Å². The third-order valence-electron chi connectivity index (χ3n) is 5.05. The number of rotatable bonds is 4. The number of hydrogen-bond donors (Lipinski definition) is 2. The number of nitrogens with one attached hydrogen (secondary N) is 2. The topological polar surface area (TPSA) is 83.8 Å². The fraction of sp³-hybridized carbons (Fsp3) is 0.667. The molecule has 3 amide bonds. The van der Waals surface area contributed by atoms with Crippen molar-refractivity contribution in [2.45, 2.75) is 39.2 Å². The van der Waals surface area contributed by atoms with E-state index in [1.165, 1.54) is 0 Å². The van der Waals surface area contributed by atoms with E-state index in [1.807, 2.05) is 11.8 Å². The van der Waals surface area contributed by atoms with Crippen LogP contribution < -0.4 is 10.6 Å². The molecule has 0 spiro atoms. The average Bonchev–Trinajstić information content (AvgIpc) is 3.22. The van der Waals surface area contributed by atoms with Gasteiger partial charge < -0.3 is 24.7 Å². The van der Waals surface area contributed by atoms with Crippen molar-refractivity contribution in [2.24, 2.45) is 5.41 Å². The Labute approximate surface area is 148 Å². The first-order chi connectivity index (χ1) is 12.0. The van der Waals surface area contributed by atoms with E-state index in [1.54, 1.807) is 12.1 Å². The van der Waals surface area contributed by atoms with E-state index in [9.17, 15) is 9.59 Å². The lowest BCUT2D eigenvalue weighted by molar-refractivity contribution is 0.0888. The summed E-state index contributed by atoms with van der Waals surface area (Å²) < 4.78 is 10.8. The second-order valence-electron chi connectivity index (χ2n) is 7.42. The Hall–Kier alpha value is -2.02. The molecule has 0 radical (unpaired) electrons. The fourth-order valence-electron chi connectivity index (χ4n) is 3.29. The number of hydrogen-bond acceptors (Lipinski definition) is 4. The second kappa shape index (κ2) is 7.47. The van der Waals surface area contributed by atoms with E-state index in [2.05, 4.69) is 17.6 Å². The lowest BCUT2D eigenvalue weighted by Gasteiger charge is -2.33. The minimum absolute atomic E-state index is 0.0282. The molecule has 3 rings (SSSR count). The SMILES string of the molecule is Cc1ccc(C(=O)NC2CCN(C(=O)NC[C@@]3(C)CCOC3)CC2)o1. The Kier molecular flexibility index (Phi) is 5.32. The van der Waals surface area contributed by atoms with Crippen molar-refractivity contribution in [3.05, 3.63) is 23.7 Å². The van der Waals surface area contributed by atoms with Crippen LogP contribution in [0, 0.1) is 12.3 Å². The molecular formula is C18H27N3O4. The molecule has 0 unspecified atom stereocenters. The van der Waals surface area contributed by atoms with Crippen molar-refractivity contribution in [3.8, 4) is 0 Å². The zero-order chi connectivity index (χ0) is 17.9. The molecule has 2 N–H and O–H groups in total. The molecule has 1 atom stereocenters.